The van der Waals surface area contributed by atoms with Gasteiger partial charge in [0.05, 0.1) is 30.2 Å². The highest BCUT2D eigenvalue weighted by molar-refractivity contribution is 5.98. The number of Topliss-reactive ketones (excluding diaryl/α,β-unsaturated/α-hetero) is 1. The van der Waals surface area contributed by atoms with Crippen LogP contribution in [-0.2, 0) is 0 Å². The average molecular weight is 232 g/mol. The quantitative estimate of drug-likeness (QED) is 0.746. The second-order valence-corrected chi connectivity index (χ2v) is 3.13. The van der Waals surface area contributed by atoms with Crippen molar-refractivity contribution in [3.05, 3.63) is 29.1 Å². The Hall–Kier alpha value is -2.40. The summed E-state index contributed by atoms with van der Waals surface area (Å²) in [5.74, 6) is -1.29. The molecule has 0 aliphatic carbocycles. The summed E-state index contributed by atoms with van der Waals surface area (Å²) in [5, 5.41) is 17.2. The minimum atomic E-state index is -0.815. The molecule has 0 unspecified atom stereocenters. The van der Waals surface area contributed by atoms with Gasteiger partial charge in [-0.3, -0.25) is 4.79 Å². The number of ether oxygens (including phenoxy) is 1. The summed E-state index contributed by atoms with van der Waals surface area (Å²) in [7, 11) is 0. The van der Waals surface area contributed by atoms with Crippen LogP contribution in [0.3, 0.4) is 0 Å². The van der Waals surface area contributed by atoms with Gasteiger partial charge < -0.3 is 4.74 Å². The Morgan fingerprint density at radius 3 is 2.71 bits per heavy atom. The van der Waals surface area contributed by atoms with E-state index in [1.807, 2.05) is 0 Å². The molecule has 5 heteroatoms. The highest BCUT2D eigenvalue weighted by Gasteiger charge is 2.16. The lowest BCUT2D eigenvalue weighted by Gasteiger charge is -2.07. The van der Waals surface area contributed by atoms with E-state index in [9.17, 15) is 9.18 Å². The number of rotatable bonds is 4. The van der Waals surface area contributed by atoms with Gasteiger partial charge >= 0.3 is 0 Å². The summed E-state index contributed by atoms with van der Waals surface area (Å²) in [4.78, 5) is 11.4. The molecule has 0 spiro atoms. The van der Waals surface area contributed by atoms with E-state index in [1.54, 1.807) is 19.1 Å². The molecule has 1 aromatic carbocycles. The Morgan fingerprint density at radius 2 is 2.18 bits per heavy atom. The normalized spacial score (nSPS) is 9.18. The Labute approximate surface area is 97.8 Å². The standard InChI is InChI=1S/C12H9FN2O2/c1-2-17-12-6-9(11(16)3-4-14)10(13)5-8(12)7-15/h5-6H,2-3H2,1H3. The zero-order valence-corrected chi connectivity index (χ0v) is 9.16. The largest absolute Gasteiger partial charge is 0.492 e. The van der Waals surface area contributed by atoms with Gasteiger partial charge in [0.15, 0.2) is 5.78 Å². The van der Waals surface area contributed by atoms with Crippen molar-refractivity contribution in [3.8, 4) is 17.9 Å². The maximum atomic E-state index is 13.5. The van der Waals surface area contributed by atoms with E-state index in [2.05, 4.69) is 0 Å². The monoisotopic (exact) mass is 232 g/mol. The number of nitrogens with zero attached hydrogens (tertiary/aromatic N) is 2. The van der Waals surface area contributed by atoms with Crippen LogP contribution in [-0.4, -0.2) is 12.4 Å². The van der Waals surface area contributed by atoms with Crippen molar-refractivity contribution in [2.24, 2.45) is 0 Å². The van der Waals surface area contributed by atoms with E-state index < -0.39 is 18.0 Å². The highest BCUT2D eigenvalue weighted by Crippen LogP contribution is 2.23. The lowest BCUT2D eigenvalue weighted by atomic mass is 10.0. The first-order chi connectivity index (χ1) is 8.13. The minimum Gasteiger partial charge on any atom is -0.492 e. The zero-order chi connectivity index (χ0) is 12.8. The van der Waals surface area contributed by atoms with E-state index in [1.165, 1.54) is 0 Å². The molecule has 0 saturated carbocycles. The van der Waals surface area contributed by atoms with Crippen molar-refractivity contribution >= 4 is 5.78 Å². The van der Waals surface area contributed by atoms with Gasteiger partial charge in [-0.05, 0) is 19.1 Å². The van der Waals surface area contributed by atoms with Crippen molar-refractivity contribution in [1.29, 1.82) is 10.5 Å². The molecule has 1 aromatic rings. The minimum absolute atomic E-state index is 0.0258. The molecule has 86 valence electrons. The highest BCUT2D eigenvalue weighted by atomic mass is 19.1. The first-order valence-electron chi connectivity index (χ1n) is 4.90. The summed E-state index contributed by atoms with van der Waals surface area (Å²) in [6.07, 6.45) is -0.408. The Morgan fingerprint density at radius 1 is 1.47 bits per heavy atom. The van der Waals surface area contributed by atoms with Crippen LogP contribution >= 0.6 is 0 Å². The third-order valence-electron chi connectivity index (χ3n) is 2.03. The van der Waals surface area contributed by atoms with Crippen molar-refractivity contribution in [3.63, 3.8) is 0 Å². The van der Waals surface area contributed by atoms with Gasteiger partial charge in [-0.2, -0.15) is 10.5 Å². The molecule has 0 heterocycles. The van der Waals surface area contributed by atoms with Gasteiger partial charge in [0.2, 0.25) is 0 Å². The van der Waals surface area contributed by atoms with Crippen LogP contribution in [0.5, 0.6) is 5.75 Å². The summed E-state index contributed by atoms with van der Waals surface area (Å²) in [6, 6.07) is 5.53. The second kappa shape index (κ2) is 5.62. The van der Waals surface area contributed by atoms with Crippen LogP contribution in [0.1, 0.15) is 29.3 Å². The first-order valence-corrected chi connectivity index (χ1v) is 4.90. The number of carbonyl (C=O) groups is 1. The maximum Gasteiger partial charge on any atom is 0.179 e. The SMILES string of the molecule is CCOc1cc(C(=O)CC#N)c(F)cc1C#N. The molecule has 0 saturated heterocycles. The molecular formula is C12H9FN2O2. The molecule has 0 aliphatic rings. The first kappa shape index (κ1) is 12.7. The predicted octanol–water partition coefficient (Wildman–Crippen LogP) is 2.19. The van der Waals surface area contributed by atoms with E-state index >= 15 is 0 Å². The fraction of sp³-hybridized carbons (Fsp3) is 0.250. The lowest BCUT2D eigenvalue weighted by Crippen LogP contribution is -2.04. The van der Waals surface area contributed by atoms with Crippen molar-refractivity contribution in [2.45, 2.75) is 13.3 Å². The number of hydrogen-bond donors (Lipinski definition) is 0. The van der Waals surface area contributed by atoms with Gasteiger partial charge in [0.1, 0.15) is 17.6 Å². The molecule has 4 nitrogen and oxygen atoms in total. The van der Waals surface area contributed by atoms with Crippen LogP contribution in [0.25, 0.3) is 0 Å². The summed E-state index contributed by atoms with van der Waals surface area (Å²) < 4.78 is 18.6. The molecule has 1 rings (SSSR count). The second-order valence-electron chi connectivity index (χ2n) is 3.13. The molecule has 0 N–H and O–H groups in total. The number of nitriles is 2. The molecule has 0 aromatic heterocycles. The average Bonchev–Trinajstić information content (AvgIpc) is 2.31. The van der Waals surface area contributed by atoms with Gasteiger partial charge in [-0.25, -0.2) is 4.39 Å². The van der Waals surface area contributed by atoms with Gasteiger partial charge in [0.25, 0.3) is 0 Å². The van der Waals surface area contributed by atoms with Crippen molar-refractivity contribution in [1.82, 2.24) is 0 Å². The smallest absolute Gasteiger partial charge is 0.179 e. The van der Waals surface area contributed by atoms with Crippen LogP contribution in [0.4, 0.5) is 4.39 Å². The Bertz CT molecular complexity index is 527. The summed E-state index contributed by atoms with van der Waals surface area (Å²) in [5.41, 5.74) is -0.202. The number of ketones is 1. The molecule has 0 radical (unpaired) electrons. The molecule has 17 heavy (non-hydrogen) atoms. The molecule has 0 atom stereocenters. The number of hydrogen-bond acceptors (Lipinski definition) is 4. The van der Waals surface area contributed by atoms with Crippen LogP contribution in [0.2, 0.25) is 0 Å². The molecule has 0 fully saturated rings. The van der Waals surface area contributed by atoms with E-state index in [0.717, 1.165) is 12.1 Å². The summed E-state index contributed by atoms with van der Waals surface area (Å²) in [6.45, 7) is 2.01. The van der Waals surface area contributed by atoms with Gasteiger partial charge in [0, 0.05) is 0 Å². The molecule has 0 aliphatic heterocycles. The molecule has 0 amide bonds. The Balaban J connectivity index is 3.26. The van der Waals surface area contributed by atoms with E-state index in [4.69, 9.17) is 15.3 Å². The van der Waals surface area contributed by atoms with Crippen LogP contribution in [0, 0.1) is 28.5 Å². The predicted molar refractivity (Wildman–Crippen MR) is 56.8 cm³/mol. The van der Waals surface area contributed by atoms with Crippen molar-refractivity contribution < 1.29 is 13.9 Å². The molecule has 0 bridgehead atoms. The van der Waals surface area contributed by atoms with E-state index in [-0.39, 0.29) is 16.9 Å². The van der Waals surface area contributed by atoms with Crippen LogP contribution < -0.4 is 4.74 Å². The number of halogens is 1. The fourth-order valence-electron chi connectivity index (χ4n) is 1.30. The fourth-order valence-corrected chi connectivity index (χ4v) is 1.30. The van der Waals surface area contributed by atoms with Crippen molar-refractivity contribution in [2.75, 3.05) is 6.61 Å². The third-order valence-corrected chi connectivity index (χ3v) is 2.03. The lowest BCUT2D eigenvalue weighted by molar-refractivity contribution is 0.0993. The topological polar surface area (TPSA) is 73.9 Å². The van der Waals surface area contributed by atoms with E-state index in [0.29, 0.717) is 6.61 Å². The number of carbonyl (C=O) groups excluding carboxylic acids is 1. The summed E-state index contributed by atoms with van der Waals surface area (Å²) >= 11 is 0. The number of benzene rings is 1. The molecular weight excluding hydrogens is 223 g/mol. The maximum absolute atomic E-state index is 13.5. The van der Waals surface area contributed by atoms with Crippen LogP contribution in [0.15, 0.2) is 12.1 Å². The van der Waals surface area contributed by atoms with Gasteiger partial charge in [-0.15, -0.1) is 0 Å². The Kier molecular flexibility index (Phi) is 4.19. The zero-order valence-electron chi connectivity index (χ0n) is 9.16. The van der Waals surface area contributed by atoms with Gasteiger partial charge in [-0.1, -0.05) is 0 Å². The third kappa shape index (κ3) is 2.79.